The molecule has 30 heavy (non-hydrogen) atoms. The van der Waals surface area contributed by atoms with Gasteiger partial charge in [-0.15, -0.1) is 0 Å². The third-order valence-corrected chi connectivity index (χ3v) is 5.42. The number of hydrogen-bond donors (Lipinski definition) is 0. The molecule has 4 aromatic carbocycles. The fraction of sp³-hybridized carbons (Fsp3) is 0.0800. The van der Waals surface area contributed by atoms with Gasteiger partial charge in [0.1, 0.15) is 5.82 Å². The molecule has 0 aliphatic rings. The highest BCUT2D eigenvalue weighted by atomic mass is 19.4. The second-order valence-corrected chi connectivity index (χ2v) is 7.40. The molecule has 0 saturated carbocycles. The van der Waals surface area contributed by atoms with Crippen molar-refractivity contribution in [3.63, 3.8) is 0 Å². The summed E-state index contributed by atoms with van der Waals surface area (Å²) in [4.78, 5) is 4.34. The Kier molecular flexibility index (Phi) is 4.03. The Labute approximate surface area is 169 Å². The van der Waals surface area contributed by atoms with Gasteiger partial charge in [-0.25, -0.2) is 4.39 Å². The molecule has 5 aromatic rings. The summed E-state index contributed by atoms with van der Waals surface area (Å²) in [6, 6.07) is 17.7. The van der Waals surface area contributed by atoms with Crippen molar-refractivity contribution in [1.29, 1.82) is 0 Å². The minimum atomic E-state index is -4.52. The number of benzene rings is 4. The molecule has 0 aliphatic heterocycles. The number of rotatable bonds is 1. The number of alkyl halides is 3. The molecule has 1 heterocycles. The van der Waals surface area contributed by atoms with Gasteiger partial charge in [0, 0.05) is 22.5 Å². The van der Waals surface area contributed by atoms with Crippen molar-refractivity contribution in [2.75, 3.05) is 0 Å². The van der Waals surface area contributed by atoms with Crippen LogP contribution >= 0.6 is 0 Å². The Morgan fingerprint density at radius 1 is 0.733 bits per heavy atom. The van der Waals surface area contributed by atoms with E-state index in [0.29, 0.717) is 32.8 Å². The third kappa shape index (κ3) is 2.89. The van der Waals surface area contributed by atoms with Crippen LogP contribution in [0, 0.1) is 12.7 Å². The molecule has 0 N–H and O–H groups in total. The maximum atomic E-state index is 14.9. The molecule has 148 valence electrons. The summed E-state index contributed by atoms with van der Waals surface area (Å²) in [7, 11) is 0. The molecule has 5 rings (SSSR count). The average molecular weight is 405 g/mol. The van der Waals surface area contributed by atoms with Gasteiger partial charge in [-0.3, -0.25) is 4.98 Å². The molecule has 0 saturated heterocycles. The molecule has 0 aliphatic carbocycles. The predicted molar refractivity (Wildman–Crippen MR) is 112 cm³/mol. The minimum Gasteiger partial charge on any atom is -0.256 e. The van der Waals surface area contributed by atoms with Crippen molar-refractivity contribution >= 4 is 32.3 Å². The van der Waals surface area contributed by atoms with E-state index in [0.717, 1.165) is 17.0 Å². The van der Waals surface area contributed by atoms with E-state index in [4.69, 9.17) is 0 Å². The van der Waals surface area contributed by atoms with Gasteiger partial charge in [0.05, 0.1) is 11.3 Å². The van der Waals surface area contributed by atoms with Gasteiger partial charge in [-0.2, -0.15) is 13.2 Å². The first-order chi connectivity index (χ1) is 14.3. The Bertz CT molecular complexity index is 1450. The Morgan fingerprint density at radius 2 is 1.50 bits per heavy atom. The first-order valence-corrected chi connectivity index (χ1v) is 9.41. The quantitative estimate of drug-likeness (QED) is 0.206. The molecule has 0 amide bonds. The second kappa shape index (κ2) is 6.52. The molecular weight excluding hydrogens is 390 g/mol. The van der Waals surface area contributed by atoms with Crippen LogP contribution in [0.1, 0.15) is 11.1 Å². The van der Waals surface area contributed by atoms with Crippen molar-refractivity contribution in [2.45, 2.75) is 13.1 Å². The van der Waals surface area contributed by atoms with E-state index in [1.807, 2.05) is 19.1 Å². The zero-order chi connectivity index (χ0) is 21.0. The van der Waals surface area contributed by atoms with E-state index in [9.17, 15) is 17.6 Å². The summed E-state index contributed by atoms with van der Waals surface area (Å²) in [5, 5.41) is 3.00. The van der Waals surface area contributed by atoms with Crippen LogP contribution in [-0.4, -0.2) is 4.98 Å². The maximum Gasteiger partial charge on any atom is 0.417 e. The van der Waals surface area contributed by atoms with Crippen LogP contribution in [0.4, 0.5) is 17.6 Å². The number of fused-ring (bicyclic) bond motifs is 4. The predicted octanol–water partition coefficient (Wildman–Crippen LogP) is 7.67. The standard InChI is InChI=1S/C25H15F4N/c1-14-6-7-18-19-8-9-30-24(21(19)13-23(26)20(18)10-14)16-11-15-4-2-3-5-17(15)22(12-16)25(27,28)29/h2-13H,1H3. The van der Waals surface area contributed by atoms with Crippen LogP contribution in [0.25, 0.3) is 43.6 Å². The van der Waals surface area contributed by atoms with Crippen molar-refractivity contribution in [3.8, 4) is 11.3 Å². The summed E-state index contributed by atoms with van der Waals surface area (Å²) in [5.74, 6) is -0.424. The van der Waals surface area contributed by atoms with Crippen LogP contribution in [0.5, 0.6) is 0 Å². The second-order valence-electron chi connectivity index (χ2n) is 7.40. The molecule has 0 fully saturated rings. The molecule has 0 unspecified atom stereocenters. The average Bonchev–Trinajstić information content (AvgIpc) is 2.72. The molecule has 1 nitrogen and oxygen atoms in total. The minimum absolute atomic E-state index is 0.126. The Morgan fingerprint density at radius 3 is 2.30 bits per heavy atom. The summed E-state index contributed by atoms with van der Waals surface area (Å²) < 4.78 is 56.2. The van der Waals surface area contributed by atoms with E-state index < -0.39 is 17.6 Å². The van der Waals surface area contributed by atoms with Gasteiger partial charge < -0.3 is 0 Å². The number of pyridine rings is 1. The number of nitrogens with zero attached hydrogens (tertiary/aromatic N) is 1. The van der Waals surface area contributed by atoms with E-state index in [-0.39, 0.29) is 5.39 Å². The van der Waals surface area contributed by atoms with E-state index in [1.165, 1.54) is 12.1 Å². The van der Waals surface area contributed by atoms with Crippen LogP contribution in [0.3, 0.4) is 0 Å². The van der Waals surface area contributed by atoms with Crippen LogP contribution < -0.4 is 0 Å². The summed E-state index contributed by atoms with van der Waals surface area (Å²) >= 11 is 0. The normalized spacial score (nSPS) is 12.2. The summed E-state index contributed by atoms with van der Waals surface area (Å²) in [5.41, 5.74) is 0.827. The van der Waals surface area contributed by atoms with Gasteiger partial charge in [0.15, 0.2) is 0 Å². The van der Waals surface area contributed by atoms with Crippen molar-refractivity contribution in [3.05, 3.63) is 89.9 Å². The molecule has 0 radical (unpaired) electrons. The van der Waals surface area contributed by atoms with E-state index in [1.54, 1.807) is 42.6 Å². The number of aromatic nitrogens is 1. The van der Waals surface area contributed by atoms with Gasteiger partial charge in [-0.1, -0.05) is 42.0 Å². The number of aryl methyl sites for hydroxylation is 1. The lowest BCUT2D eigenvalue weighted by atomic mass is 9.94. The SMILES string of the molecule is Cc1ccc2c(c1)c(F)cc1c(-c3cc(C(F)(F)F)c4ccccc4c3)nccc12. The van der Waals surface area contributed by atoms with Crippen molar-refractivity contribution < 1.29 is 17.6 Å². The van der Waals surface area contributed by atoms with Gasteiger partial charge in [0.25, 0.3) is 0 Å². The van der Waals surface area contributed by atoms with Crippen molar-refractivity contribution in [1.82, 2.24) is 4.98 Å². The maximum absolute atomic E-state index is 14.9. The van der Waals surface area contributed by atoms with Gasteiger partial charge in [-0.05, 0) is 58.8 Å². The molecule has 0 bridgehead atoms. The summed E-state index contributed by atoms with van der Waals surface area (Å²) in [6.07, 6.45) is -2.97. The monoisotopic (exact) mass is 405 g/mol. The fourth-order valence-electron chi connectivity index (χ4n) is 4.06. The van der Waals surface area contributed by atoms with Gasteiger partial charge in [0.2, 0.25) is 0 Å². The van der Waals surface area contributed by atoms with Gasteiger partial charge >= 0.3 is 6.18 Å². The smallest absolute Gasteiger partial charge is 0.256 e. The highest BCUT2D eigenvalue weighted by molar-refractivity contribution is 6.12. The fourth-order valence-corrected chi connectivity index (χ4v) is 4.06. The Hall–Kier alpha value is -3.47. The van der Waals surface area contributed by atoms with E-state index >= 15 is 0 Å². The lowest BCUT2D eigenvalue weighted by Crippen LogP contribution is -2.06. The highest BCUT2D eigenvalue weighted by Crippen LogP contribution is 2.40. The highest BCUT2D eigenvalue weighted by Gasteiger charge is 2.33. The summed E-state index contributed by atoms with van der Waals surface area (Å²) in [6.45, 7) is 1.88. The first kappa shape index (κ1) is 18.6. The van der Waals surface area contributed by atoms with E-state index in [2.05, 4.69) is 4.98 Å². The number of halogens is 4. The largest absolute Gasteiger partial charge is 0.417 e. The molecule has 0 spiro atoms. The number of hydrogen-bond acceptors (Lipinski definition) is 1. The molecule has 1 aromatic heterocycles. The zero-order valence-corrected chi connectivity index (χ0v) is 15.9. The lowest BCUT2D eigenvalue weighted by molar-refractivity contribution is -0.136. The molecule has 5 heteroatoms. The van der Waals surface area contributed by atoms with Crippen LogP contribution in [0.2, 0.25) is 0 Å². The first-order valence-electron chi connectivity index (χ1n) is 9.41. The molecular formula is C25H15F4N. The Balaban J connectivity index is 1.87. The van der Waals surface area contributed by atoms with Crippen LogP contribution in [-0.2, 0) is 6.18 Å². The topological polar surface area (TPSA) is 12.9 Å². The molecule has 0 atom stereocenters. The van der Waals surface area contributed by atoms with Crippen LogP contribution in [0.15, 0.2) is 72.9 Å². The zero-order valence-electron chi connectivity index (χ0n) is 15.9. The third-order valence-electron chi connectivity index (χ3n) is 5.42. The van der Waals surface area contributed by atoms with Crippen molar-refractivity contribution in [2.24, 2.45) is 0 Å². The lowest BCUT2D eigenvalue weighted by Gasteiger charge is -2.15.